The molecule has 2 saturated carbocycles. The molecule has 6 heteroatoms. The number of methoxy groups -OCH3 is 1. The lowest BCUT2D eigenvalue weighted by atomic mass is 9.47. The fourth-order valence-electron chi connectivity index (χ4n) is 6.15. The molecule has 7 atom stereocenters. The van der Waals surface area contributed by atoms with E-state index in [1.54, 1.807) is 25.5 Å². The number of hydrogen-bond donors (Lipinski definition) is 0. The lowest BCUT2D eigenvalue weighted by molar-refractivity contribution is -0.167. The molecule has 27 heavy (non-hydrogen) atoms. The van der Waals surface area contributed by atoms with Crippen LogP contribution in [0.1, 0.15) is 51.2 Å². The number of furan rings is 1. The van der Waals surface area contributed by atoms with Crippen molar-refractivity contribution in [1.29, 1.82) is 0 Å². The maximum atomic E-state index is 12.9. The number of rotatable bonds is 3. The minimum Gasteiger partial charge on any atom is -0.472 e. The zero-order chi connectivity index (χ0) is 19.3. The first-order valence-electron chi connectivity index (χ1n) is 9.69. The van der Waals surface area contributed by atoms with E-state index in [0.717, 1.165) is 24.8 Å². The van der Waals surface area contributed by atoms with Gasteiger partial charge in [0.1, 0.15) is 11.9 Å². The van der Waals surface area contributed by atoms with Gasteiger partial charge in [0.25, 0.3) is 0 Å². The molecule has 2 heterocycles. The molecule has 0 amide bonds. The van der Waals surface area contributed by atoms with E-state index in [4.69, 9.17) is 13.9 Å². The predicted molar refractivity (Wildman–Crippen MR) is 94.3 cm³/mol. The van der Waals surface area contributed by atoms with Crippen LogP contribution in [0.3, 0.4) is 0 Å². The van der Waals surface area contributed by atoms with Crippen LogP contribution in [0.2, 0.25) is 0 Å². The smallest absolute Gasteiger partial charge is 0.310 e. The Balaban J connectivity index is 1.78. The van der Waals surface area contributed by atoms with E-state index in [9.17, 15) is 14.4 Å². The first-order chi connectivity index (χ1) is 12.9. The monoisotopic (exact) mass is 374 g/mol. The number of carbonyl (C=O) groups is 3. The average Bonchev–Trinajstić information content (AvgIpc) is 3.27. The first kappa shape index (κ1) is 18.3. The molecular formula is C21H26O6. The molecule has 0 radical (unpaired) electrons. The van der Waals surface area contributed by atoms with Crippen molar-refractivity contribution in [2.24, 2.45) is 35.0 Å². The molecule has 1 aromatic rings. The maximum absolute atomic E-state index is 12.9. The summed E-state index contributed by atoms with van der Waals surface area (Å²) in [6, 6.07) is 1.80. The molecule has 1 saturated heterocycles. The molecule has 1 aromatic heterocycles. The van der Waals surface area contributed by atoms with Crippen molar-refractivity contribution in [3.8, 4) is 0 Å². The van der Waals surface area contributed by atoms with Gasteiger partial charge in [0.05, 0.1) is 31.5 Å². The van der Waals surface area contributed by atoms with Gasteiger partial charge in [-0.15, -0.1) is 0 Å². The van der Waals surface area contributed by atoms with E-state index >= 15 is 0 Å². The number of esters is 2. The summed E-state index contributed by atoms with van der Waals surface area (Å²) in [4.78, 5) is 38.1. The number of cyclic esters (lactones) is 1. The second-order valence-electron chi connectivity index (χ2n) is 8.56. The van der Waals surface area contributed by atoms with Crippen LogP contribution < -0.4 is 0 Å². The molecule has 3 aliphatic rings. The highest BCUT2D eigenvalue weighted by Crippen LogP contribution is 2.63. The lowest BCUT2D eigenvalue weighted by Crippen LogP contribution is -2.55. The maximum Gasteiger partial charge on any atom is 0.310 e. The van der Waals surface area contributed by atoms with Crippen molar-refractivity contribution in [1.82, 2.24) is 0 Å². The third-order valence-corrected chi connectivity index (χ3v) is 7.37. The number of ketones is 1. The number of fused-ring (bicyclic) bond motifs is 3. The van der Waals surface area contributed by atoms with Gasteiger partial charge in [-0.2, -0.15) is 0 Å². The highest BCUT2D eigenvalue weighted by Gasteiger charge is 2.64. The molecule has 0 spiro atoms. The standard InChI is InChI=1S/C21H26O6/c1-11(22)13-9-21(2)14(5-4-6-15(21)19(23)25-3)17-16(13)18(27-20(17)24)12-7-8-26-10-12/h7-8,10,13-18H,4-6,9H2,1-3H3/t13-,14+,15-,16-,17+,18-,21-/m1/s1. The molecule has 0 unspecified atom stereocenters. The summed E-state index contributed by atoms with van der Waals surface area (Å²) >= 11 is 0. The summed E-state index contributed by atoms with van der Waals surface area (Å²) in [5, 5.41) is 0. The van der Waals surface area contributed by atoms with Gasteiger partial charge in [0, 0.05) is 17.4 Å². The largest absolute Gasteiger partial charge is 0.472 e. The van der Waals surface area contributed by atoms with Gasteiger partial charge < -0.3 is 13.9 Å². The molecule has 2 aliphatic carbocycles. The molecule has 0 aromatic carbocycles. The predicted octanol–water partition coefficient (Wildman–Crippen LogP) is 3.31. The lowest BCUT2D eigenvalue weighted by Gasteiger charge is -2.54. The fourth-order valence-corrected chi connectivity index (χ4v) is 6.15. The Hall–Kier alpha value is -2.11. The summed E-state index contributed by atoms with van der Waals surface area (Å²) in [5.74, 6) is -1.62. The Kier molecular flexibility index (Phi) is 4.40. The summed E-state index contributed by atoms with van der Waals surface area (Å²) in [6.45, 7) is 3.64. The Labute approximate surface area is 158 Å². The van der Waals surface area contributed by atoms with Crippen LogP contribution in [-0.2, 0) is 23.9 Å². The van der Waals surface area contributed by atoms with Gasteiger partial charge in [-0.25, -0.2) is 0 Å². The van der Waals surface area contributed by atoms with E-state index in [1.807, 2.05) is 0 Å². The number of Topliss-reactive ketones (excluding diaryl/α,β-unsaturated/α-hetero) is 1. The van der Waals surface area contributed by atoms with E-state index < -0.39 is 11.5 Å². The average molecular weight is 374 g/mol. The van der Waals surface area contributed by atoms with E-state index in [2.05, 4.69) is 6.92 Å². The SMILES string of the molecule is COC(=O)[C@H]1CCC[C@H]2[C@@H]3C(=O)O[C@H](c4ccoc4)[C@@H]3[C@@H](C(C)=O)C[C@@]12C. The minimum absolute atomic E-state index is 0.0142. The zero-order valence-corrected chi connectivity index (χ0v) is 16.0. The van der Waals surface area contributed by atoms with Crippen molar-refractivity contribution in [2.45, 2.75) is 45.6 Å². The number of ether oxygens (including phenoxy) is 2. The van der Waals surface area contributed by atoms with E-state index in [1.165, 1.54) is 7.11 Å². The van der Waals surface area contributed by atoms with Gasteiger partial charge in [-0.05, 0) is 43.6 Å². The third kappa shape index (κ3) is 2.64. The van der Waals surface area contributed by atoms with Crippen LogP contribution in [0.25, 0.3) is 0 Å². The van der Waals surface area contributed by atoms with Crippen LogP contribution in [0.5, 0.6) is 0 Å². The van der Waals surface area contributed by atoms with Gasteiger partial charge in [-0.1, -0.05) is 13.3 Å². The van der Waals surface area contributed by atoms with Crippen LogP contribution in [0.15, 0.2) is 23.0 Å². The topological polar surface area (TPSA) is 82.8 Å². The zero-order valence-electron chi connectivity index (χ0n) is 16.0. The minimum atomic E-state index is -0.460. The van der Waals surface area contributed by atoms with Gasteiger partial charge in [0.2, 0.25) is 0 Å². The van der Waals surface area contributed by atoms with Crippen LogP contribution in [-0.4, -0.2) is 24.8 Å². The molecule has 146 valence electrons. The Bertz CT molecular complexity index is 753. The summed E-state index contributed by atoms with van der Waals surface area (Å²) in [5.41, 5.74) is 0.360. The van der Waals surface area contributed by atoms with Gasteiger partial charge in [-0.3, -0.25) is 14.4 Å². The van der Waals surface area contributed by atoms with Crippen molar-refractivity contribution in [3.05, 3.63) is 24.2 Å². The van der Waals surface area contributed by atoms with Crippen LogP contribution in [0, 0.1) is 35.0 Å². The molecule has 4 rings (SSSR count). The van der Waals surface area contributed by atoms with Crippen LogP contribution >= 0.6 is 0 Å². The van der Waals surface area contributed by atoms with E-state index in [-0.39, 0.29) is 47.3 Å². The third-order valence-electron chi connectivity index (χ3n) is 7.37. The Morgan fingerprint density at radius 1 is 1.30 bits per heavy atom. The number of hydrogen-bond acceptors (Lipinski definition) is 6. The first-order valence-corrected chi connectivity index (χ1v) is 9.69. The van der Waals surface area contributed by atoms with Crippen molar-refractivity contribution < 1.29 is 28.3 Å². The normalized spacial score (nSPS) is 40.6. The molecular weight excluding hydrogens is 348 g/mol. The van der Waals surface area contributed by atoms with Gasteiger partial charge in [0.15, 0.2) is 0 Å². The fraction of sp³-hybridized carbons (Fsp3) is 0.667. The van der Waals surface area contributed by atoms with Crippen molar-refractivity contribution >= 4 is 17.7 Å². The van der Waals surface area contributed by atoms with Crippen molar-refractivity contribution in [2.75, 3.05) is 7.11 Å². The molecule has 0 N–H and O–H groups in total. The second-order valence-corrected chi connectivity index (χ2v) is 8.56. The van der Waals surface area contributed by atoms with Gasteiger partial charge >= 0.3 is 11.9 Å². The second kappa shape index (κ2) is 6.50. The molecule has 6 nitrogen and oxygen atoms in total. The van der Waals surface area contributed by atoms with Crippen molar-refractivity contribution in [3.63, 3.8) is 0 Å². The Morgan fingerprint density at radius 3 is 2.70 bits per heavy atom. The molecule has 0 bridgehead atoms. The molecule has 1 aliphatic heterocycles. The summed E-state index contributed by atoms with van der Waals surface area (Å²) in [7, 11) is 1.40. The quantitative estimate of drug-likeness (QED) is 0.755. The van der Waals surface area contributed by atoms with Crippen LogP contribution in [0.4, 0.5) is 0 Å². The number of carbonyl (C=O) groups excluding carboxylic acids is 3. The highest BCUT2D eigenvalue weighted by molar-refractivity contribution is 5.84. The molecule has 3 fully saturated rings. The summed E-state index contributed by atoms with van der Waals surface area (Å²) < 4.78 is 16.0. The highest BCUT2D eigenvalue weighted by atomic mass is 16.6. The summed E-state index contributed by atoms with van der Waals surface area (Å²) in [6.07, 6.45) is 5.74. The van der Waals surface area contributed by atoms with E-state index in [0.29, 0.717) is 6.42 Å². The Morgan fingerprint density at radius 2 is 2.07 bits per heavy atom.